The van der Waals surface area contributed by atoms with Gasteiger partial charge in [0.2, 0.25) is 11.8 Å². The Kier molecular flexibility index (Phi) is 3.80. The van der Waals surface area contributed by atoms with Crippen molar-refractivity contribution in [2.24, 2.45) is 0 Å². The van der Waals surface area contributed by atoms with E-state index >= 15 is 0 Å². The summed E-state index contributed by atoms with van der Waals surface area (Å²) in [7, 11) is 1.49. The minimum Gasteiger partial charge on any atom is -0.491 e. The Bertz CT molecular complexity index is 1940. The predicted octanol–water partition coefficient (Wildman–Crippen LogP) is 2.16. The van der Waals surface area contributed by atoms with Crippen molar-refractivity contribution in [1.29, 1.82) is 0 Å². The lowest BCUT2D eigenvalue weighted by Gasteiger charge is -2.36. The van der Waals surface area contributed by atoms with Crippen molar-refractivity contribution >= 4 is 28.3 Å². The van der Waals surface area contributed by atoms with E-state index < -0.39 is 45.2 Å². The van der Waals surface area contributed by atoms with Crippen molar-refractivity contribution in [3.63, 3.8) is 0 Å². The standard InChI is InChI=1S/C25H29N9O3/c1-35-15-16-36-19-6-4-18(5-7-19)32-11-8-31(9-12-32)10-13-33-23-20(17-27-33)24-28-22(21-3-2-14-37-21)30-34(24)25(26)29-23/h2-7,14,17H,8-13,15-16H2,1H3,(H2,26,29)/i8D2,9D2,10D2,11D2,12D2,17D. The summed E-state index contributed by atoms with van der Waals surface area (Å²) in [6.07, 6.45) is 0.972. The fourth-order valence-corrected chi connectivity index (χ4v) is 3.55. The van der Waals surface area contributed by atoms with Crippen LogP contribution in [0.2, 0.25) is 0 Å². The van der Waals surface area contributed by atoms with Gasteiger partial charge in [-0.05, 0) is 36.4 Å². The summed E-state index contributed by atoms with van der Waals surface area (Å²) < 4.78 is 115. The summed E-state index contributed by atoms with van der Waals surface area (Å²) in [6, 6.07) is 8.49. The first kappa shape index (κ1) is 14.0. The average Bonchev–Trinajstić information content (AvgIpc) is 3.72. The minimum absolute atomic E-state index is 0.0125. The van der Waals surface area contributed by atoms with Crippen LogP contribution in [-0.4, -0.2) is 87.1 Å². The van der Waals surface area contributed by atoms with E-state index in [1.165, 1.54) is 37.6 Å². The highest BCUT2D eigenvalue weighted by atomic mass is 16.5. The first-order chi connectivity index (χ1) is 22.4. The number of fused-ring (bicyclic) bond motifs is 3. The van der Waals surface area contributed by atoms with Gasteiger partial charge in [-0.25, -0.2) is 9.67 Å². The van der Waals surface area contributed by atoms with E-state index in [2.05, 4.69) is 20.2 Å². The minimum atomic E-state index is -3.52. The van der Waals surface area contributed by atoms with Crippen LogP contribution in [-0.2, 0) is 11.3 Å². The van der Waals surface area contributed by atoms with Crippen molar-refractivity contribution in [3.05, 3.63) is 48.8 Å². The topological polar surface area (TPSA) is 125 Å². The normalized spacial score (nSPS) is 24.9. The number of piperazine rings is 1. The molecule has 0 aliphatic carbocycles. The lowest BCUT2D eigenvalue weighted by Crippen LogP contribution is -2.47. The quantitative estimate of drug-likeness (QED) is 0.293. The Labute approximate surface area is 228 Å². The van der Waals surface area contributed by atoms with Crippen molar-refractivity contribution in [2.75, 3.05) is 63.4 Å². The number of nitrogens with two attached hydrogens (primary N) is 1. The maximum Gasteiger partial charge on any atom is 0.225 e. The van der Waals surface area contributed by atoms with Crippen molar-refractivity contribution in [2.45, 2.75) is 6.54 Å². The Hall–Kier alpha value is -4.16. The molecule has 0 unspecified atom stereocenters. The lowest BCUT2D eigenvalue weighted by molar-refractivity contribution is 0.146. The zero-order valence-corrected chi connectivity index (χ0v) is 19.5. The molecule has 6 rings (SSSR count). The fraction of sp³-hybridized carbons (Fsp3) is 0.360. The molecule has 2 N–H and O–H groups in total. The predicted molar refractivity (Wildman–Crippen MR) is 139 cm³/mol. The summed E-state index contributed by atoms with van der Waals surface area (Å²) in [5.74, 6) is 0.500. The number of methoxy groups -OCH3 is 1. The van der Waals surface area contributed by atoms with Gasteiger partial charge in [-0.1, -0.05) is 0 Å². The molecule has 12 nitrogen and oxygen atoms in total. The smallest absolute Gasteiger partial charge is 0.225 e. The van der Waals surface area contributed by atoms with Gasteiger partial charge in [-0.2, -0.15) is 14.6 Å². The molecule has 12 heteroatoms. The van der Waals surface area contributed by atoms with E-state index in [1.54, 1.807) is 12.1 Å². The molecule has 5 aromatic rings. The SMILES string of the molecule is [2H]c1nn(CC([2H])([2H])N2C([2H])([2H])C([2H])([2H])N(c3ccc(OCCOC)cc3)C([2H])([2H])C2([2H])[2H])c2nc(N)n3nc(-c4ccco4)nc3c12. The van der Waals surface area contributed by atoms with Gasteiger partial charge in [0.25, 0.3) is 0 Å². The second-order valence-electron chi connectivity index (χ2n) is 7.70. The van der Waals surface area contributed by atoms with Crippen LogP contribution < -0.4 is 15.4 Å². The highest BCUT2D eigenvalue weighted by Gasteiger charge is 2.20. The van der Waals surface area contributed by atoms with Crippen LogP contribution in [0.25, 0.3) is 28.3 Å². The molecule has 1 aliphatic heterocycles. The molecule has 0 amide bonds. The van der Waals surface area contributed by atoms with Crippen molar-refractivity contribution < 1.29 is 29.0 Å². The molecule has 1 fully saturated rings. The van der Waals surface area contributed by atoms with E-state index in [0.717, 1.165) is 9.20 Å². The molecule has 37 heavy (non-hydrogen) atoms. The van der Waals surface area contributed by atoms with Gasteiger partial charge in [-0.3, -0.25) is 4.90 Å². The number of hydrogen-bond acceptors (Lipinski definition) is 10. The van der Waals surface area contributed by atoms with Crippen LogP contribution in [0.4, 0.5) is 11.6 Å². The number of benzene rings is 1. The first-order valence-corrected chi connectivity index (χ1v) is 11.1. The second-order valence-corrected chi connectivity index (χ2v) is 7.70. The van der Waals surface area contributed by atoms with E-state index in [0.29, 0.717) is 16.4 Å². The summed E-state index contributed by atoms with van der Waals surface area (Å²) in [6.45, 7) is -17.5. The Morgan fingerprint density at radius 3 is 2.70 bits per heavy atom. The zero-order valence-electron chi connectivity index (χ0n) is 30.5. The molecule has 192 valence electrons. The Morgan fingerprint density at radius 1 is 1.11 bits per heavy atom. The van der Waals surface area contributed by atoms with Gasteiger partial charge in [0.05, 0.1) is 37.8 Å². The van der Waals surface area contributed by atoms with E-state index in [4.69, 9.17) is 34.7 Å². The zero-order chi connectivity index (χ0) is 35.0. The maximum absolute atomic E-state index is 8.91. The van der Waals surface area contributed by atoms with Crippen LogP contribution in [0.5, 0.6) is 5.75 Å². The number of nitrogen functional groups attached to an aromatic ring is 1. The van der Waals surface area contributed by atoms with Crippen LogP contribution in [0.15, 0.2) is 53.3 Å². The van der Waals surface area contributed by atoms with E-state index in [9.17, 15) is 0 Å². The third kappa shape index (κ3) is 4.68. The second kappa shape index (κ2) is 10.1. The third-order valence-electron chi connectivity index (χ3n) is 5.34. The number of nitrogens with zero attached hydrogens (tertiary/aromatic N) is 8. The number of furan rings is 1. The molecule has 0 bridgehead atoms. The Morgan fingerprint density at radius 2 is 1.95 bits per heavy atom. The van der Waals surface area contributed by atoms with Crippen LogP contribution in [0, 0.1) is 0 Å². The highest BCUT2D eigenvalue weighted by molar-refractivity contribution is 5.90. The number of rotatable bonds is 9. The molecule has 4 aromatic heterocycles. The average molecular weight is 515 g/mol. The molecular weight excluding hydrogens is 474 g/mol. The van der Waals surface area contributed by atoms with Gasteiger partial charge in [0.15, 0.2) is 17.1 Å². The molecular formula is C25H29N9O3. The number of ether oxygens (including phenoxy) is 2. The molecule has 0 radical (unpaired) electrons. The van der Waals surface area contributed by atoms with Crippen LogP contribution in [0.1, 0.15) is 15.1 Å². The van der Waals surface area contributed by atoms with Gasteiger partial charge in [0.1, 0.15) is 12.4 Å². The summed E-state index contributed by atoms with van der Waals surface area (Å²) in [4.78, 5) is 8.78. The summed E-state index contributed by atoms with van der Waals surface area (Å²) in [5.41, 5.74) is 5.75. The maximum atomic E-state index is 8.91. The highest BCUT2D eigenvalue weighted by Crippen LogP contribution is 2.24. The molecule has 0 atom stereocenters. The number of anilines is 2. The lowest BCUT2D eigenvalue weighted by atomic mass is 10.2. The van der Waals surface area contributed by atoms with Crippen molar-refractivity contribution in [3.8, 4) is 17.3 Å². The monoisotopic (exact) mass is 514 g/mol. The molecule has 5 heterocycles. The number of hydrogen-bond donors (Lipinski definition) is 1. The fourth-order valence-electron chi connectivity index (χ4n) is 3.55. The summed E-state index contributed by atoms with van der Waals surface area (Å²) in [5, 5.41) is 8.27. The van der Waals surface area contributed by atoms with Gasteiger partial charge >= 0.3 is 0 Å². The molecule has 1 aliphatic rings. The van der Waals surface area contributed by atoms with Gasteiger partial charge in [-0.15, -0.1) is 5.10 Å². The summed E-state index contributed by atoms with van der Waals surface area (Å²) >= 11 is 0. The molecule has 0 spiro atoms. The largest absolute Gasteiger partial charge is 0.491 e. The molecule has 1 aromatic carbocycles. The Balaban J connectivity index is 1.39. The molecule has 0 saturated carbocycles. The van der Waals surface area contributed by atoms with Gasteiger partial charge < -0.3 is 24.5 Å². The number of aryl methyl sites for hydroxylation is 1. The van der Waals surface area contributed by atoms with Crippen molar-refractivity contribution in [1.82, 2.24) is 34.3 Å². The third-order valence-corrected chi connectivity index (χ3v) is 5.34. The van der Waals surface area contributed by atoms with Crippen LogP contribution in [0.3, 0.4) is 0 Å². The van der Waals surface area contributed by atoms with Gasteiger partial charge in [0, 0.05) is 53.5 Å². The van der Waals surface area contributed by atoms with Crippen LogP contribution >= 0.6 is 0 Å². The van der Waals surface area contributed by atoms with E-state index in [1.807, 2.05) is 0 Å². The van der Waals surface area contributed by atoms with E-state index in [-0.39, 0.29) is 52.3 Å². The first-order valence-electron chi connectivity index (χ1n) is 16.6. The number of aromatic nitrogens is 6. The molecule has 1 saturated heterocycles.